The zero-order chi connectivity index (χ0) is 13.1. The molecule has 0 nitrogen and oxygen atoms in total. The fourth-order valence-corrected chi connectivity index (χ4v) is 3.39. The van der Waals surface area contributed by atoms with Gasteiger partial charge in [-0.05, 0) is 55.2 Å². The summed E-state index contributed by atoms with van der Waals surface area (Å²) in [5.74, 6) is 0. The van der Waals surface area contributed by atoms with Gasteiger partial charge in [0.1, 0.15) is 0 Å². The van der Waals surface area contributed by atoms with E-state index < -0.39 is 0 Å². The lowest BCUT2D eigenvalue weighted by Crippen LogP contribution is -1.86. The second kappa shape index (κ2) is 3.49. The molecule has 5 aromatic carbocycles. The molecule has 2 radical (unpaired) electrons. The first kappa shape index (κ1) is 10.2. The standard InChI is InChI=1S/C20H10/c1-5-13-6-2-11-17-18-12-4-8-14-7-3-10-16(20(14)18)15(9-1)19(13)17/h1-9,12H. The molecule has 5 rings (SSSR count). The van der Waals surface area contributed by atoms with Gasteiger partial charge in [0.25, 0.3) is 0 Å². The van der Waals surface area contributed by atoms with Gasteiger partial charge in [0, 0.05) is 0 Å². The van der Waals surface area contributed by atoms with Gasteiger partial charge in [-0.3, -0.25) is 0 Å². The van der Waals surface area contributed by atoms with Crippen LogP contribution in [0.2, 0.25) is 0 Å². The molecule has 0 bridgehead atoms. The Morgan fingerprint density at radius 3 is 1.55 bits per heavy atom. The van der Waals surface area contributed by atoms with Gasteiger partial charge < -0.3 is 0 Å². The predicted octanol–water partition coefficient (Wildman–Crippen LogP) is 5.34. The Bertz CT molecular complexity index is 917. The maximum Gasteiger partial charge on any atom is -0.00139 e. The van der Waals surface area contributed by atoms with E-state index in [1.807, 2.05) is 12.1 Å². The number of hydrogen-bond acceptors (Lipinski definition) is 0. The Hall–Kier alpha value is -2.60. The molecule has 0 heteroatoms. The van der Waals surface area contributed by atoms with Crippen molar-refractivity contribution in [1.82, 2.24) is 0 Å². The van der Waals surface area contributed by atoms with Gasteiger partial charge in [0.05, 0.1) is 0 Å². The van der Waals surface area contributed by atoms with Crippen LogP contribution >= 0.6 is 0 Å². The van der Waals surface area contributed by atoms with Crippen molar-refractivity contribution in [2.45, 2.75) is 0 Å². The molecule has 0 aliphatic rings. The maximum atomic E-state index is 3.44. The van der Waals surface area contributed by atoms with Gasteiger partial charge >= 0.3 is 0 Å². The largest absolute Gasteiger partial charge is 0.0610 e. The number of benzene rings is 5. The number of fused-ring (bicyclic) bond motifs is 2. The molecule has 5 aromatic rings. The first-order chi connectivity index (χ1) is 9.93. The van der Waals surface area contributed by atoms with E-state index in [-0.39, 0.29) is 0 Å². The van der Waals surface area contributed by atoms with E-state index in [9.17, 15) is 0 Å². The molecular formula is C20H10. The van der Waals surface area contributed by atoms with Crippen LogP contribution in [0.15, 0.2) is 60.7 Å². The molecule has 0 atom stereocenters. The summed E-state index contributed by atoms with van der Waals surface area (Å²) in [6.07, 6.45) is 0. The maximum absolute atomic E-state index is 3.44. The summed E-state index contributed by atoms with van der Waals surface area (Å²) >= 11 is 0. The van der Waals surface area contributed by atoms with Crippen molar-refractivity contribution in [3.8, 4) is 0 Å². The van der Waals surface area contributed by atoms with Crippen LogP contribution in [0.5, 0.6) is 0 Å². The summed E-state index contributed by atoms with van der Waals surface area (Å²) in [6, 6.07) is 28.2. The van der Waals surface area contributed by atoms with E-state index >= 15 is 0 Å². The third-order valence-corrected chi connectivity index (χ3v) is 4.21. The van der Waals surface area contributed by atoms with Crippen molar-refractivity contribution in [2.24, 2.45) is 0 Å². The van der Waals surface area contributed by atoms with Crippen molar-refractivity contribution < 1.29 is 0 Å². The van der Waals surface area contributed by atoms with E-state index in [1.165, 1.54) is 43.1 Å². The summed E-state index contributed by atoms with van der Waals surface area (Å²) in [4.78, 5) is 0. The van der Waals surface area contributed by atoms with Crippen LogP contribution in [0.3, 0.4) is 0 Å². The topological polar surface area (TPSA) is 0 Å². The molecule has 0 aliphatic heterocycles. The van der Waals surface area contributed by atoms with Gasteiger partial charge in [-0.25, -0.2) is 0 Å². The lowest BCUT2D eigenvalue weighted by molar-refractivity contribution is 1.77. The number of rotatable bonds is 0. The van der Waals surface area contributed by atoms with Gasteiger partial charge in [0.2, 0.25) is 0 Å². The zero-order valence-electron chi connectivity index (χ0n) is 10.8. The Balaban J connectivity index is 2.32. The van der Waals surface area contributed by atoms with Crippen LogP contribution in [-0.2, 0) is 0 Å². The molecular weight excluding hydrogens is 240 g/mol. The highest BCUT2D eigenvalue weighted by Gasteiger charge is 2.11. The smallest absolute Gasteiger partial charge is 0.00139 e. The minimum Gasteiger partial charge on any atom is -0.0610 e. The SMILES string of the molecule is [c]1ccc2cccc3c4[c]ccc5cccc(c1c23)c54. The average Bonchev–Trinajstić information content (AvgIpc) is 2.52. The van der Waals surface area contributed by atoms with E-state index in [0.717, 1.165) is 0 Å². The Morgan fingerprint density at radius 1 is 0.550 bits per heavy atom. The molecule has 0 saturated carbocycles. The number of hydrogen-bond donors (Lipinski definition) is 0. The van der Waals surface area contributed by atoms with Gasteiger partial charge in [-0.1, -0.05) is 60.7 Å². The summed E-state index contributed by atoms with van der Waals surface area (Å²) in [6.45, 7) is 0. The van der Waals surface area contributed by atoms with Crippen LogP contribution < -0.4 is 0 Å². The first-order valence-electron chi connectivity index (χ1n) is 6.81. The zero-order valence-corrected chi connectivity index (χ0v) is 10.8. The molecule has 0 aliphatic carbocycles. The molecule has 0 N–H and O–H groups in total. The van der Waals surface area contributed by atoms with Crippen LogP contribution in [0.1, 0.15) is 0 Å². The van der Waals surface area contributed by atoms with Crippen LogP contribution in [-0.4, -0.2) is 0 Å². The second-order valence-electron chi connectivity index (χ2n) is 5.24. The molecule has 0 spiro atoms. The summed E-state index contributed by atoms with van der Waals surface area (Å²) < 4.78 is 0. The summed E-state index contributed by atoms with van der Waals surface area (Å²) in [7, 11) is 0. The third-order valence-electron chi connectivity index (χ3n) is 4.21. The van der Waals surface area contributed by atoms with E-state index in [2.05, 4.69) is 60.7 Å². The minimum absolute atomic E-state index is 1.22. The first-order valence-corrected chi connectivity index (χ1v) is 6.81. The highest BCUT2D eigenvalue weighted by molar-refractivity contribution is 6.32. The van der Waals surface area contributed by atoms with Gasteiger partial charge in [-0.2, -0.15) is 0 Å². The van der Waals surface area contributed by atoms with Crippen molar-refractivity contribution in [1.29, 1.82) is 0 Å². The monoisotopic (exact) mass is 250 g/mol. The van der Waals surface area contributed by atoms with Crippen LogP contribution in [0.4, 0.5) is 0 Å². The van der Waals surface area contributed by atoms with Crippen molar-refractivity contribution in [3.63, 3.8) is 0 Å². The molecule has 90 valence electrons. The highest BCUT2D eigenvalue weighted by atomic mass is 14.1. The van der Waals surface area contributed by atoms with E-state index in [0.29, 0.717) is 0 Å². The van der Waals surface area contributed by atoms with Crippen molar-refractivity contribution in [3.05, 3.63) is 72.8 Å². The molecule has 0 saturated heterocycles. The van der Waals surface area contributed by atoms with E-state index in [1.54, 1.807) is 0 Å². The Kier molecular flexibility index (Phi) is 1.78. The molecule has 0 heterocycles. The minimum atomic E-state index is 1.22. The second-order valence-corrected chi connectivity index (χ2v) is 5.24. The molecule has 0 fully saturated rings. The van der Waals surface area contributed by atoms with Crippen LogP contribution in [0.25, 0.3) is 43.1 Å². The Morgan fingerprint density at radius 2 is 1.05 bits per heavy atom. The van der Waals surface area contributed by atoms with E-state index in [4.69, 9.17) is 0 Å². The van der Waals surface area contributed by atoms with Gasteiger partial charge in [0.15, 0.2) is 0 Å². The van der Waals surface area contributed by atoms with Crippen molar-refractivity contribution >= 4 is 43.1 Å². The Labute approximate surface area is 116 Å². The predicted molar refractivity (Wildman–Crippen MR) is 85.3 cm³/mol. The molecule has 20 heavy (non-hydrogen) atoms. The molecule has 0 aromatic heterocycles. The fraction of sp³-hybridized carbons (Fsp3) is 0. The van der Waals surface area contributed by atoms with Crippen molar-refractivity contribution in [2.75, 3.05) is 0 Å². The normalized spacial score (nSPS) is 12.0. The quantitative estimate of drug-likeness (QED) is 0.257. The summed E-state index contributed by atoms with van der Waals surface area (Å²) in [5, 5.41) is 10.1. The average molecular weight is 250 g/mol. The van der Waals surface area contributed by atoms with Gasteiger partial charge in [-0.15, -0.1) is 0 Å². The molecule has 0 amide bonds. The lowest BCUT2D eigenvalue weighted by Gasteiger charge is -2.13. The van der Waals surface area contributed by atoms with Crippen LogP contribution in [0, 0.1) is 12.1 Å². The lowest BCUT2D eigenvalue weighted by atomic mass is 9.90. The summed E-state index contributed by atoms with van der Waals surface area (Å²) in [5.41, 5.74) is 0. The molecule has 0 unspecified atom stereocenters. The fourth-order valence-electron chi connectivity index (χ4n) is 3.39. The third kappa shape index (κ3) is 1.12. The highest BCUT2D eigenvalue weighted by Crippen LogP contribution is 2.39.